The maximum atomic E-state index is 10.3. The number of aliphatic hydroxyl groups is 1. The van der Waals surface area contributed by atoms with Crippen molar-refractivity contribution < 1.29 is 5.11 Å². The van der Waals surface area contributed by atoms with Gasteiger partial charge in [-0.15, -0.1) is 0 Å². The largest absolute Gasteiger partial charge is 0.390 e. The Kier molecular flexibility index (Phi) is 6.45. The van der Waals surface area contributed by atoms with E-state index in [1.807, 2.05) is 25.2 Å². The van der Waals surface area contributed by atoms with Crippen molar-refractivity contribution >= 4 is 11.6 Å². The van der Waals surface area contributed by atoms with E-state index in [0.29, 0.717) is 6.54 Å². The fraction of sp³-hybridized carbons (Fsp3) is 0.625. The van der Waals surface area contributed by atoms with Crippen molar-refractivity contribution in [2.24, 2.45) is 0 Å². The predicted octanol–water partition coefficient (Wildman–Crippen LogP) is 1.60. The Bertz CT molecular complexity index is 437. The number of piperazine rings is 1. The van der Waals surface area contributed by atoms with Crippen molar-refractivity contribution in [1.29, 1.82) is 0 Å². The number of halogens is 1. The molecule has 0 amide bonds. The Morgan fingerprint density at radius 3 is 2.76 bits per heavy atom. The second kappa shape index (κ2) is 8.11. The van der Waals surface area contributed by atoms with Crippen LogP contribution in [0.3, 0.4) is 0 Å². The molecule has 0 saturated carbocycles. The number of β-amino-alcohol motifs (C(OH)–C–C–N with tert-alkyl or cyclic N) is 1. The van der Waals surface area contributed by atoms with Gasteiger partial charge in [0.1, 0.15) is 0 Å². The summed E-state index contributed by atoms with van der Waals surface area (Å²) in [5.74, 6) is 0. The van der Waals surface area contributed by atoms with Crippen LogP contribution in [0.4, 0.5) is 0 Å². The summed E-state index contributed by atoms with van der Waals surface area (Å²) in [4.78, 5) is 4.50. The van der Waals surface area contributed by atoms with Crippen molar-refractivity contribution in [2.45, 2.75) is 19.1 Å². The molecule has 1 aromatic carbocycles. The van der Waals surface area contributed by atoms with E-state index in [0.717, 1.165) is 37.7 Å². The zero-order valence-electron chi connectivity index (χ0n) is 12.9. The molecule has 4 nitrogen and oxygen atoms in total. The Labute approximate surface area is 132 Å². The maximum absolute atomic E-state index is 10.3. The van der Waals surface area contributed by atoms with Crippen molar-refractivity contribution in [1.82, 2.24) is 15.1 Å². The molecule has 0 aromatic heterocycles. The summed E-state index contributed by atoms with van der Waals surface area (Å²) < 4.78 is 0. The topological polar surface area (TPSA) is 38.7 Å². The molecular weight excluding hydrogens is 286 g/mol. The number of hydrogen-bond donors (Lipinski definition) is 2. The highest BCUT2D eigenvalue weighted by atomic mass is 35.5. The molecule has 1 aliphatic heterocycles. The van der Waals surface area contributed by atoms with Gasteiger partial charge in [-0.2, -0.15) is 0 Å². The first kappa shape index (κ1) is 16.7. The average Bonchev–Trinajstić information content (AvgIpc) is 2.47. The molecule has 0 radical (unpaired) electrons. The number of nitrogens with one attached hydrogen (secondary N) is 1. The average molecular weight is 312 g/mol. The normalized spacial score (nSPS) is 19.7. The molecule has 2 unspecified atom stereocenters. The van der Waals surface area contributed by atoms with E-state index >= 15 is 0 Å². The van der Waals surface area contributed by atoms with Crippen LogP contribution in [0.5, 0.6) is 0 Å². The first-order valence-electron chi connectivity index (χ1n) is 7.63. The van der Waals surface area contributed by atoms with Gasteiger partial charge in [0.2, 0.25) is 0 Å². The van der Waals surface area contributed by atoms with Crippen LogP contribution in [0.25, 0.3) is 0 Å². The fourth-order valence-corrected chi connectivity index (χ4v) is 2.96. The van der Waals surface area contributed by atoms with Crippen LogP contribution in [0.2, 0.25) is 5.02 Å². The van der Waals surface area contributed by atoms with E-state index in [1.165, 1.54) is 5.56 Å². The molecule has 0 bridgehead atoms. The van der Waals surface area contributed by atoms with E-state index in [9.17, 15) is 5.11 Å². The van der Waals surface area contributed by atoms with Gasteiger partial charge in [0, 0.05) is 50.3 Å². The minimum absolute atomic E-state index is 0.237. The first-order valence-corrected chi connectivity index (χ1v) is 8.01. The number of rotatable bonds is 6. The fourth-order valence-electron chi connectivity index (χ4n) is 2.76. The molecule has 1 saturated heterocycles. The number of hydrogen-bond acceptors (Lipinski definition) is 4. The molecule has 0 aliphatic carbocycles. The number of benzene rings is 1. The van der Waals surface area contributed by atoms with E-state index in [2.05, 4.69) is 28.1 Å². The quantitative estimate of drug-likeness (QED) is 0.837. The minimum atomic E-state index is -0.324. The van der Waals surface area contributed by atoms with Crippen LogP contribution < -0.4 is 5.32 Å². The third-order valence-electron chi connectivity index (χ3n) is 4.17. The highest BCUT2D eigenvalue weighted by Crippen LogP contribution is 2.21. The van der Waals surface area contributed by atoms with Gasteiger partial charge in [-0.25, -0.2) is 0 Å². The molecule has 118 valence electrons. The van der Waals surface area contributed by atoms with Crippen LogP contribution in [-0.2, 0) is 0 Å². The monoisotopic (exact) mass is 311 g/mol. The highest BCUT2D eigenvalue weighted by molar-refractivity contribution is 6.30. The number of likely N-dealkylation sites (N-methyl/N-ethyl adjacent to an activating group) is 1. The summed E-state index contributed by atoms with van der Waals surface area (Å²) in [5, 5.41) is 14.4. The second-order valence-corrected chi connectivity index (χ2v) is 6.31. The van der Waals surface area contributed by atoms with Gasteiger partial charge in [-0.05, 0) is 31.7 Å². The lowest BCUT2D eigenvalue weighted by atomic mass is 10.1. The summed E-state index contributed by atoms with van der Waals surface area (Å²) >= 11 is 6.05. The van der Waals surface area contributed by atoms with Crippen molar-refractivity contribution in [2.75, 3.05) is 46.3 Å². The molecule has 2 rings (SSSR count). The van der Waals surface area contributed by atoms with Crippen LogP contribution in [0, 0.1) is 0 Å². The lowest BCUT2D eigenvalue weighted by molar-refractivity contribution is 0.0667. The second-order valence-electron chi connectivity index (χ2n) is 5.87. The zero-order chi connectivity index (χ0) is 15.2. The van der Waals surface area contributed by atoms with Crippen LogP contribution in [-0.4, -0.2) is 67.3 Å². The lowest BCUT2D eigenvalue weighted by Gasteiger charge is -2.32. The van der Waals surface area contributed by atoms with Crippen LogP contribution >= 0.6 is 11.6 Å². The van der Waals surface area contributed by atoms with Crippen molar-refractivity contribution in [3.8, 4) is 0 Å². The predicted molar refractivity (Wildman–Crippen MR) is 87.8 cm³/mol. The van der Waals surface area contributed by atoms with E-state index in [-0.39, 0.29) is 12.1 Å². The third kappa shape index (κ3) is 5.24. The molecule has 1 aromatic rings. The Morgan fingerprint density at radius 2 is 2.10 bits per heavy atom. The molecule has 0 spiro atoms. The van der Waals surface area contributed by atoms with Gasteiger partial charge in [0.05, 0.1) is 6.10 Å². The van der Waals surface area contributed by atoms with Crippen LogP contribution in [0.1, 0.15) is 18.5 Å². The molecule has 1 aliphatic rings. The Morgan fingerprint density at radius 1 is 1.38 bits per heavy atom. The summed E-state index contributed by atoms with van der Waals surface area (Å²) in [6, 6.07) is 8.17. The molecular formula is C16H26ClN3O. The molecule has 1 heterocycles. The van der Waals surface area contributed by atoms with Gasteiger partial charge >= 0.3 is 0 Å². The molecule has 5 heteroatoms. The molecule has 2 atom stereocenters. The Balaban J connectivity index is 1.83. The van der Waals surface area contributed by atoms with Gasteiger partial charge in [-0.3, -0.25) is 9.80 Å². The summed E-state index contributed by atoms with van der Waals surface area (Å²) in [7, 11) is 2.05. The van der Waals surface area contributed by atoms with Gasteiger partial charge in [0.15, 0.2) is 0 Å². The standard InChI is InChI=1S/C16H26ClN3O/c1-13(14-4-3-5-15(17)10-14)19(2)11-16(21)12-20-8-6-18-7-9-20/h3-5,10,13,16,18,21H,6-9,11-12H2,1-2H3. The lowest BCUT2D eigenvalue weighted by Crippen LogP contribution is -2.48. The smallest absolute Gasteiger partial charge is 0.0793 e. The minimum Gasteiger partial charge on any atom is -0.390 e. The molecule has 21 heavy (non-hydrogen) atoms. The zero-order valence-corrected chi connectivity index (χ0v) is 13.7. The van der Waals surface area contributed by atoms with Crippen LogP contribution in [0.15, 0.2) is 24.3 Å². The highest BCUT2D eigenvalue weighted by Gasteiger charge is 2.18. The summed E-state index contributed by atoms with van der Waals surface area (Å²) in [6.45, 7) is 7.62. The van der Waals surface area contributed by atoms with Crippen molar-refractivity contribution in [3.05, 3.63) is 34.9 Å². The molecule has 1 fully saturated rings. The SMILES string of the molecule is CC(c1cccc(Cl)c1)N(C)CC(O)CN1CCNCC1. The molecule has 2 N–H and O–H groups in total. The van der Waals surface area contributed by atoms with E-state index in [1.54, 1.807) is 0 Å². The van der Waals surface area contributed by atoms with E-state index < -0.39 is 0 Å². The van der Waals surface area contributed by atoms with Gasteiger partial charge in [-0.1, -0.05) is 23.7 Å². The third-order valence-corrected chi connectivity index (χ3v) is 4.40. The Hall–Kier alpha value is -0.650. The number of nitrogens with zero attached hydrogens (tertiary/aromatic N) is 2. The van der Waals surface area contributed by atoms with Crippen molar-refractivity contribution in [3.63, 3.8) is 0 Å². The first-order chi connectivity index (χ1) is 10.1. The maximum Gasteiger partial charge on any atom is 0.0793 e. The van der Waals surface area contributed by atoms with E-state index in [4.69, 9.17) is 11.6 Å². The summed E-state index contributed by atoms with van der Waals surface area (Å²) in [5.41, 5.74) is 1.18. The number of aliphatic hydroxyl groups excluding tert-OH is 1. The van der Waals surface area contributed by atoms with Gasteiger partial charge in [0.25, 0.3) is 0 Å². The van der Waals surface area contributed by atoms with Gasteiger partial charge < -0.3 is 10.4 Å². The summed E-state index contributed by atoms with van der Waals surface area (Å²) in [6.07, 6.45) is -0.324.